The predicted octanol–water partition coefficient (Wildman–Crippen LogP) is 2.35. The number of hydrogen-bond donors (Lipinski definition) is 4. The Labute approximate surface area is 198 Å². The highest BCUT2D eigenvalue weighted by Gasteiger charge is 2.60. The topological polar surface area (TPSA) is 132 Å². The lowest BCUT2D eigenvalue weighted by Gasteiger charge is -2.29. The number of methoxy groups -OCH3 is 2. The van der Waals surface area contributed by atoms with Crippen molar-refractivity contribution in [1.82, 2.24) is 5.32 Å². The van der Waals surface area contributed by atoms with Gasteiger partial charge in [-0.3, -0.25) is 19.7 Å². The van der Waals surface area contributed by atoms with Crippen molar-refractivity contribution in [1.29, 1.82) is 0 Å². The van der Waals surface area contributed by atoms with Crippen molar-refractivity contribution in [2.24, 2.45) is 11.7 Å². The third-order valence-corrected chi connectivity index (χ3v) is 6.70. The molecule has 3 atom stereocenters. The molecule has 2 aromatic rings. The van der Waals surface area contributed by atoms with Gasteiger partial charge < -0.3 is 25.8 Å². The SMILES string of the molecule is COc1ccc(OC)c(NC(=O)C2CC(CCC(N)=O)NC23C(=O)Nc2c(C)cc(C)cc23)c1. The molecule has 0 saturated carbocycles. The van der Waals surface area contributed by atoms with Gasteiger partial charge in [0.25, 0.3) is 0 Å². The Balaban J connectivity index is 1.75. The molecule has 34 heavy (non-hydrogen) atoms. The molecule has 5 N–H and O–H groups in total. The van der Waals surface area contributed by atoms with Crippen molar-refractivity contribution in [3.05, 3.63) is 47.0 Å². The van der Waals surface area contributed by atoms with Crippen LogP contribution >= 0.6 is 0 Å². The average Bonchev–Trinajstić information content (AvgIpc) is 3.32. The van der Waals surface area contributed by atoms with Gasteiger partial charge in [0.05, 0.1) is 25.8 Å². The van der Waals surface area contributed by atoms with Crippen LogP contribution in [0.2, 0.25) is 0 Å². The molecule has 3 amide bonds. The summed E-state index contributed by atoms with van der Waals surface area (Å²) < 4.78 is 10.7. The first-order valence-electron chi connectivity index (χ1n) is 11.2. The van der Waals surface area contributed by atoms with Gasteiger partial charge in [0.15, 0.2) is 0 Å². The maximum Gasteiger partial charge on any atom is 0.250 e. The first kappa shape index (κ1) is 23.6. The van der Waals surface area contributed by atoms with Crippen LogP contribution in [0.5, 0.6) is 11.5 Å². The number of ether oxygens (including phenoxy) is 2. The number of amides is 3. The number of aryl methyl sites for hydroxylation is 2. The van der Waals surface area contributed by atoms with Gasteiger partial charge in [-0.15, -0.1) is 0 Å². The number of benzene rings is 2. The zero-order valence-corrected chi connectivity index (χ0v) is 19.8. The fourth-order valence-electron chi connectivity index (χ4n) is 5.15. The van der Waals surface area contributed by atoms with E-state index in [4.69, 9.17) is 15.2 Å². The summed E-state index contributed by atoms with van der Waals surface area (Å²) in [5.41, 5.74) is 7.93. The highest BCUT2D eigenvalue weighted by molar-refractivity contribution is 6.11. The lowest BCUT2D eigenvalue weighted by atomic mass is 9.78. The summed E-state index contributed by atoms with van der Waals surface area (Å²) in [6.07, 6.45) is 0.953. The van der Waals surface area contributed by atoms with Gasteiger partial charge in [0, 0.05) is 29.8 Å². The van der Waals surface area contributed by atoms with Crippen LogP contribution in [0.15, 0.2) is 30.3 Å². The second-order valence-electron chi connectivity index (χ2n) is 8.96. The number of anilines is 2. The third kappa shape index (κ3) is 3.96. The van der Waals surface area contributed by atoms with Crippen LogP contribution in [-0.4, -0.2) is 38.0 Å². The highest BCUT2D eigenvalue weighted by atomic mass is 16.5. The van der Waals surface area contributed by atoms with E-state index in [1.54, 1.807) is 18.2 Å². The number of primary amides is 1. The molecule has 1 saturated heterocycles. The molecule has 1 fully saturated rings. The molecule has 0 radical (unpaired) electrons. The van der Waals surface area contributed by atoms with E-state index in [0.717, 1.165) is 22.4 Å². The number of rotatable bonds is 7. The number of fused-ring (bicyclic) bond motifs is 2. The zero-order valence-electron chi connectivity index (χ0n) is 19.8. The number of carbonyl (C=O) groups is 3. The highest BCUT2D eigenvalue weighted by Crippen LogP contribution is 2.49. The summed E-state index contributed by atoms with van der Waals surface area (Å²) in [5, 5.41) is 9.34. The molecule has 0 bridgehead atoms. The van der Waals surface area contributed by atoms with Crippen LogP contribution in [0.4, 0.5) is 11.4 Å². The van der Waals surface area contributed by atoms with E-state index >= 15 is 0 Å². The molecule has 2 aliphatic rings. The Morgan fingerprint density at radius 3 is 2.62 bits per heavy atom. The molecule has 9 heteroatoms. The standard InChI is InChI=1S/C25H30N4O5/c1-13-9-14(2)22-17(10-13)25(24(32)28-22)18(11-15(29-25)5-8-21(26)30)23(31)27-19-12-16(33-3)6-7-20(19)34-4/h6-7,9-10,12,15,18,29H,5,8,11H2,1-4H3,(H2,26,30)(H,27,31)(H,28,32). The summed E-state index contributed by atoms with van der Waals surface area (Å²) in [6.45, 7) is 3.89. The first-order chi connectivity index (χ1) is 16.2. The molecule has 9 nitrogen and oxygen atoms in total. The summed E-state index contributed by atoms with van der Waals surface area (Å²) in [4.78, 5) is 38.7. The van der Waals surface area contributed by atoms with Crippen LogP contribution in [0.25, 0.3) is 0 Å². The third-order valence-electron chi connectivity index (χ3n) is 6.70. The minimum absolute atomic E-state index is 0.160. The number of carbonyl (C=O) groups excluding carboxylic acids is 3. The normalized spacial score (nSPS) is 22.9. The Bertz CT molecular complexity index is 1160. The van der Waals surface area contributed by atoms with E-state index in [1.807, 2.05) is 26.0 Å². The van der Waals surface area contributed by atoms with Crippen molar-refractivity contribution < 1.29 is 23.9 Å². The van der Waals surface area contributed by atoms with Crippen molar-refractivity contribution in [3.63, 3.8) is 0 Å². The zero-order chi connectivity index (χ0) is 24.6. The van der Waals surface area contributed by atoms with E-state index in [-0.39, 0.29) is 24.3 Å². The molecule has 0 aromatic heterocycles. The van der Waals surface area contributed by atoms with Gasteiger partial charge in [-0.05, 0) is 44.4 Å². The average molecular weight is 467 g/mol. The second kappa shape index (κ2) is 8.98. The predicted molar refractivity (Wildman–Crippen MR) is 128 cm³/mol. The van der Waals surface area contributed by atoms with Gasteiger partial charge in [-0.25, -0.2) is 0 Å². The van der Waals surface area contributed by atoms with E-state index in [2.05, 4.69) is 16.0 Å². The number of hydrogen-bond acceptors (Lipinski definition) is 6. The van der Waals surface area contributed by atoms with Crippen molar-refractivity contribution in [3.8, 4) is 11.5 Å². The number of nitrogens with one attached hydrogen (secondary N) is 3. The van der Waals surface area contributed by atoms with Crippen LogP contribution in [0.1, 0.15) is 36.0 Å². The molecular formula is C25H30N4O5. The molecule has 4 rings (SSSR count). The van der Waals surface area contributed by atoms with Crippen LogP contribution in [0.3, 0.4) is 0 Å². The van der Waals surface area contributed by atoms with Gasteiger partial charge in [-0.2, -0.15) is 0 Å². The molecule has 180 valence electrons. The second-order valence-corrected chi connectivity index (χ2v) is 8.96. The Morgan fingerprint density at radius 1 is 1.18 bits per heavy atom. The number of nitrogens with two attached hydrogens (primary N) is 1. The van der Waals surface area contributed by atoms with Crippen LogP contribution in [-0.2, 0) is 19.9 Å². The minimum atomic E-state index is -1.26. The van der Waals surface area contributed by atoms with Gasteiger partial charge >= 0.3 is 0 Å². The molecule has 3 unspecified atom stereocenters. The van der Waals surface area contributed by atoms with E-state index in [1.165, 1.54) is 14.2 Å². The molecule has 2 aliphatic heterocycles. The monoisotopic (exact) mass is 466 g/mol. The van der Waals surface area contributed by atoms with Crippen LogP contribution in [0, 0.1) is 19.8 Å². The minimum Gasteiger partial charge on any atom is -0.497 e. The maximum atomic E-state index is 13.7. The molecular weight excluding hydrogens is 436 g/mol. The summed E-state index contributed by atoms with van der Waals surface area (Å²) in [6, 6.07) is 8.81. The van der Waals surface area contributed by atoms with Crippen molar-refractivity contribution >= 4 is 29.1 Å². The van der Waals surface area contributed by atoms with Gasteiger partial charge in [0.2, 0.25) is 17.7 Å². The lowest BCUT2D eigenvalue weighted by molar-refractivity contribution is -0.130. The Morgan fingerprint density at radius 2 is 1.94 bits per heavy atom. The van der Waals surface area contributed by atoms with Gasteiger partial charge in [-0.1, -0.05) is 17.7 Å². The van der Waals surface area contributed by atoms with Gasteiger partial charge in [0.1, 0.15) is 17.0 Å². The summed E-state index contributed by atoms with van der Waals surface area (Å²) >= 11 is 0. The maximum absolute atomic E-state index is 13.7. The smallest absolute Gasteiger partial charge is 0.250 e. The fraction of sp³-hybridized carbons (Fsp3) is 0.400. The largest absolute Gasteiger partial charge is 0.497 e. The van der Waals surface area contributed by atoms with Crippen LogP contribution < -0.4 is 31.2 Å². The molecule has 2 aromatic carbocycles. The molecule has 0 aliphatic carbocycles. The first-order valence-corrected chi connectivity index (χ1v) is 11.2. The van der Waals surface area contributed by atoms with E-state index in [0.29, 0.717) is 30.0 Å². The molecule has 1 spiro atoms. The Kier molecular flexibility index (Phi) is 6.22. The van der Waals surface area contributed by atoms with E-state index in [9.17, 15) is 14.4 Å². The van der Waals surface area contributed by atoms with E-state index < -0.39 is 17.4 Å². The summed E-state index contributed by atoms with van der Waals surface area (Å²) in [5.74, 6) is -0.734. The fourth-order valence-corrected chi connectivity index (χ4v) is 5.15. The van der Waals surface area contributed by atoms with Crippen molar-refractivity contribution in [2.75, 3.05) is 24.9 Å². The Hall–Kier alpha value is -3.59. The molecule has 2 heterocycles. The quantitative estimate of drug-likeness (QED) is 0.495. The summed E-state index contributed by atoms with van der Waals surface area (Å²) in [7, 11) is 3.05. The lowest BCUT2D eigenvalue weighted by Crippen LogP contribution is -2.52. The van der Waals surface area contributed by atoms with Crippen molar-refractivity contribution in [2.45, 2.75) is 44.7 Å².